The molecular formula is C12H16N2. The van der Waals surface area contributed by atoms with E-state index in [2.05, 4.69) is 35.5 Å². The second-order valence-corrected chi connectivity index (χ2v) is 3.86. The summed E-state index contributed by atoms with van der Waals surface area (Å²) >= 11 is 0. The third-order valence-electron chi connectivity index (χ3n) is 2.69. The molecule has 0 spiro atoms. The maximum Gasteiger partial charge on any atom is 0.0857 e. The van der Waals surface area contributed by atoms with Crippen LogP contribution in [0.5, 0.6) is 0 Å². The normalized spacial score (nSPS) is 15.9. The van der Waals surface area contributed by atoms with Crippen molar-refractivity contribution < 1.29 is 0 Å². The lowest BCUT2D eigenvalue weighted by atomic mass is 10.2. The highest BCUT2D eigenvalue weighted by Crippen LogP contribution is 2.20. The molecule has 0 aliphatic carbocycles. The van der Waals surface area contributed by atoms with Gasteiger partial charge in [0.1, 0.15) is 0 Å². The molecule has 2 nitrogen and oxygen atoms in total. The molecule has 0 bridgehead atoms. The Bertz CT molecular complexity index is 321. The van der Waals surface area contributed by atoms with Crippen LogP contribution in [0.4, 0.5) is 0 Å². The summed E-state index contributed by atoms with van der Waals surface area (Å²) in [7, 11) is 0. The Hall–Kier alpha value is -1.31. The highest BCUT2D eigenvalue weighted by molar-refractivity contribution is 5.58. The first-order valence-corrected chi connectivity index (χ1v) is 5.14. The number of hydrogen-bond donors (Lipinski definition) is 0. The smallest absolute Gasteiger partial charge is 0.0857 e. The Balaban J connectivity index is 2.14. The average Bonchev–Trinajstić information content (AvgIpc) is 2.71. The molecule has 0 saturated carbocycles. The average molecular weight is 188 g/mol. The minimum absolute atomic E-state index is 1.01. The number of hydrogen-bond acceptors (Lipinski definition) is 2. The quantitative estimate of drug-likeness (QED) is 0.708. The van der Waals surface area contributed by atoms with Crippen molar-refractivity contribution in [1.29, 1.82) is 0 Å². The molecule has 1 aromatic heterocycles. The molecule has 2 heterocycles. The fourth-order valence-electron chi connectivity index (χ4n) is 1.79. The Morgan fingerprint density at radius 3 is 2.64 bits per heavy atom. The number of aromatic nitrogens is 1. The van der Waals surface area contributed by atoms with Gasteiger partial charge in [0.25, 0.3) is 0 Å². The van der Waals surface area contributed by atoms with Gasteiger partial charge in [-0.2, -0.15) is 0 Å². The van der Waals surface area contributed by atoms with Gasteiger partial charge in [0.2, 0.25) is 0 Å². The topological polar surface area (TPSA) is 16.1 Å². The summed E-state index contributed by atoms with van der Waals surface area (Å²) in [5, 5.41) is 0. The molecule has 1 fully saturated rings. The van der Waals surface area contributed by atoms with Crippen molar-refractivity contribution in [2.24, 2.45) is 0 Å². The predicted octanol–water partition coefficient (Wildman–Crippen LogP) is 2.46. The van der Waals surface area contributed by atoms with Gasteiger partial charge in [0.15, 0.2) is 0 Å². The van der Waals surface area contributed by atoms with Crippen LogP contribution in [0.3, 0.4) is 0 Å². The van der Waals surface area contributed by atoms with Crippen molar-refractivity contribution in [3.63, 3.8) is 0 Å². The van der Waals surface area contributed by atoms with Crippen LogP contribution in [-0.4, -0.2) is 23.0 Å². The van der Waals surface area contributed by atoms with Gasteiger partial charge in [-0.25, -0.2) is 0 Å². The van der Waals surface area contributed by atoms with E-state index >= 15 is 0 Å². The number of pyridine rings is 1. The molecule has 0 amide bonds. The highest BCUT2D eigenvalue weighted by Gasteiger charge is 2.14. The first kappa shape index (κ1) is 9.25. The van der Waals surface area contributed by atoms with Gasteiger partial charge in [0, 0.05) is 19.3 Å². The number of likely N-dealkylation sites (tertiary alicyclic amines) is 1. The van der Waals surface area contributed by atoms with Crippen LogP contribution < -0.4 is 0 Å². The molecule has 0 N–H and O–H groups in total. The van der Waals surface area contributed by atoms with Crippen LogP contribution in [0, 0.1) is 6.92 Å². The van der Waals surface area contributed by atoms with Crippen molar-refractivity contribution >= 4 is 5.70 Å². The lowest BCUT2D eigenvalue weighted by Crippen LogP contribution is -2.17. The van der Waals surface area contributed by atoms with E-state index in [-0.39, 0.29) is 0 Å². The van der Waals surface area contributed by atoms with E-state index in [1.165, 1.54) is 18.4 Å². The summed E-state index contributed by atoms with van der Waals surface area (Å²) in [6, 6.07) is 4.14. The molecule has 2 rings (SSSR count). The van der Waals surface area contributed by atoms with Gasteiger partial charge in [-0.1, -0.05) is 12.6 Å². The van der Waals surface area contributed by atoms with Gasteiger partial charge in [0.05, 0.1) is 11.4 Å². The van der Waals surface area contributed by atoms with E-state index in [0.29, 0.717) is 0 Å². The van der Waals surface area contributed by atoms with Crippen molar-refractivity contribution in [3.05, 3.63) is 36.2 Å². The second kappa shape index (κ2) is 3.82. The zero-order valence-corrected chi connectivity index (χ0v) is 8.66. The van der Waals surface area contributed by atoms with Crippen LogP contribution in [0.15, 0.2) is 24.9 Å². The summed E-state index contributed by atoms with van der Waals surface area (Å²) in [4.78, 5) is 6.70. The lowest BCUT2D eigenvalue weighted by molar-refractivity contribution is 0.492. The zero-order chi connectivity index (χ0) is 9.97. The summed E-state index contributed by atoms with van der Waals surface area (Å²) in [6.45, 7) is 8.42. The van der Waals surface area contributed by atoms with E-state index in [1.807, 2.05) is 6.20 Å². The minimum atomic E-state index is 1.01. The molecule has 1 aliphatic heterocycles. The van der Waals surface area contributed by atoms with Crippen molar-refractivity contribution in [2.75, 3.05) is 13.1 Å². The van der Waals surface area contributed by atoms with Gasteiger partial charge < -0.3 is 4.90 Å². The van der Waals surface area contributed by atoms with E-state index < -0.39 is 0 Å². The Morgan fingerprint density at radius 1 is 1.36 bits per heavy atom. The molecular weight excluding hydrogens is 172 g/mol. The van der Waals surface area contributed by atoms with Gasteiger partial charge in [-0.15, -0.1) is 0 Å². The summed E-state index contributed by atoms with van der Waals surface area (Å²) < 4.78 is 0. The van der Waals surface area contributed by atoms with Crippen LogP contribution in [-0.2, 0) is 0 Å². The van der Waals surface area contributed by atoms with Crippen molar-refractivity contribution in [2.45, 2.75) is 19.8 Å². The van der Waals surface area contributed by atoms with Crippen LogP contribution in [0.1, 0.15) is 24.1 Å². The van der Waals surface area contributed by atoms with Crippen molar-refractivity contribution in [3.8, 4) is 0 Å². The zero-order valence-electron chi connectivity index (χ0n) is 8.66. The standard InChI is InChI=1S/C12H16N2/c1-10-5-6-12(13-9-10)11(2)14-7-3-4-8-14/h5-6,9H,2-4,7-8H2,1H3. The molecule has 1 aromatic rings. The van der Waals surface area contributed by atoms with Gasteiger partial charge in [-0.3, -0.25) is 4.98 Å². The monoisotopic (exact) mass is 188 g/mol. The molecule has 0 atom stereocenters. The largest absolute Gasteiger partial charge is 0.370 e. The predicted molar refractivity (Wildman–Crippen MR) is 58.8 cm³/mol. The fraction of sp³-hybridized carbons (Fsp3) is 0.417. The number of rotatable bonds is 2. The molecule has 1 aliphatic rings. The van der Waals surface area contributed by atoms with Crippen LogP contribution >= 0.6 is 0 Å². The van der Waals surface area contributed by atoms with Crippen LogP contribution in [0.2, 0.25) is 0 Å². The molecule has 0 radical (unpaired) electrons. The van der Waals surface area contributed by atoms with Gasteiger partial charge in [-0.05, 0) is 31.4 Å². The summed E-state index contributed by atoms with van der Waals surface area (Å²) in [6.07, 6.45) is 4.46. The molecule has 74 valence electrons. The molecule has 14 heavy (non-hydrogen) atoms. The third kappa shape index (κ3) is 1.79. The Kier molecular flexibility index (Phi) is 2.53. The van der Waals surface area contributed by atoms with Gasteiger partial charge >= 0.3 is 0 Å². The Labute approximate surface area is 85.3 Å². The summed E-state index contributed by atoms with van der Waals surface area (Å²) in [5.41, 5.74) is 3.28. The van der Waals surface area contributed by atoms with E-state index in [9.17, 15) is 0 Å². The molecule has 2 heteroatoms. The number of nitrogens with zero attached hydrogens (tertiary/aromatic N) is 2. The lowest BCUT2D eigenvalue weighted by Gasteiger charge is -2.19. The van der Waals surface area contributed by atoms with E-state index in [0.717, 1.165) is 24.5 Å². The molecule has 0 unspecified atom stereocenters. The maximum atomic E-state index is 4.38. The Morgan fingerprint density at radius 2 is 2.07 bits per heavy atom. The van der Waals surface area contributed by atoms with Crippen LogP contribution in [0.25, 0.3) is 5.70 Å². The SMILES string of the molecule is C=C(c1ccc(C)cn1)N1CCCC1. The van der Waals surface area contributed by atoms with E-state index in [4.69, 9.17) is 0 Å². The van der Waals surface area contributed by atoms with E-state index in [1.54, 1.807) is 0 Å². The molecule has 1 saturated heterocycles. The highest BCUT2D eigenvalue weighted by atomic mass is 15.2. The molecule has 0 aromatic carbocycles. The third-order valence-corrected chi connectivity index (χ3v) is 2.69. The maximum absolute atomic E-state index is 4.38. The first-order valence-electron chi connectivity index (χ1n) is 5.14. The number of aryl methyl sites for hydroxylation is 1. The second-order valence-electron chi connectivity index (χ2n) is 3.86. The first-order chi connectivity index (χ1) is 6.77. The van der Waals surface area contributed by atoms with Crippen molar-refractivity contribution in [1.82, 2.24) is 9.88 Å². The minimum Gasteiger partial charge on any atom is -0.370 e. The fourth-order valence-corrected chi connectivity index (χ4v) is 1.79. The summed E-state index contributed by atoms with van der Waals surface area (Å²) in [5.74, 6) is 0.